The predicted octanol–water partition coefficient (Wildman–Crippen LogP) is 4.35. The summed E-state index contributed by atoms with van der Waals surface area (Å²) in [4.78, 5) is 35.9. The number of ether oxygens (including phenoxy) is 2. The molecule has 4 heterocycles. The predicted molar refractivity (Wildman–Crippen MR) is 131 cm³/mol. The molecule has 0 spiro atoms. The number of anilines is 1. The lowest BCUT2D eigenvalue weighted by molar-refractivity contribution is -0.116. The second-order valence-electron chi connectivity index (χ2n) is 7.93. The van der Waals surface area contributed by atoms with E-state index >= 15 is 0 Å². The Morgan fingerprint density at radius 1 is 1.12 bits per heavy atom. The molecule has 1 N–H and O–H groups in total. The van der Waals surface area contributed by atoms with Gasteiger partial charge < -0.3 is 14.8 Å². The van der Waals surface area contributed by atoms with Crippen LogP contribution in [-0.2, 0) is 11.3 Å². The number of hydrogen-bond donors (Lipinski definition) is 1. The van der Waals surface area contributed by atoms with Gasteiger partial charge in [0.05, 0.1) is 11.8 Å². The van der Waals surface area contributed by atoms with Gasteiger partial charge in [0.1, 0.15) is 16.1 Å². The summed E-state index contributed by atoms with van der Waals surface area (Å²) in [6.45, 7) is 1.92. The second kappa shape index (κ2) is 7.96. The van der Waals surface area contributed by atoms with Crippen molar-refractivity contribution in [3.8, 4) is 22.6 Å². The molecule has 9 heteroatoms. The van der Waals surface area contributed by atoms with Crippen LogP contribution in [0.5, 0.6) is 11.5 Å². The number of thiophene rings is 1. The third-order valence-electron chi connectivity index (χ3n) is 5.60. The molecule has 1 aliphatic heterocycles. The van der Waals surface area contributed by atoms with Gasteiger partial charge in [0.25, 0.3) is 5.56 Å². The first kappa shape index (κ1) is 20.4. The molecule has 0 aliphatic carbocycles. The topological polar surface area (TPSA) is 95.3 Å². The van der Waals surface area contributed by atoms with Gasteiger partial charge in [-0.25, -0.2) is 9.97 Å². The van der Waals surface area contributed by atoms with Crippen LogP contribution in [0.25, 0.3) is 31.6 Å². The van der Waals surface area contributed by atoms with Crippen molar-refractivity contribution in [1.82, 2.24) is 14.5 Å². The maximum Gasteiger partial charge on any atom is 0.271 e. The van der Waals surface area contributed by atoms with Crippen LogP contribution >= 0.6 is 11.3 Å². The maximum absolute atomic E-state index is 13.3. The van der Waals surface area contributed by atoms with E-state index in [1.807, 2.05) is 43.3 Å². The van der Waals surface area contributed by atoms with E-state index in [4.69, 9.17) is 9.47 Å². The van der Waals surface area contributed by atoms with Crippen molar-refractivity contribution >= 4 is 43.4 Å². The first-order chi connectivity index (χ1) is 16.6. The fourth-order valence-electron chi connectivity index (χ4n) is 4.07. The van der Waals surface area contributed by atoms with Gasteiger partial charge in [0.2, 0.25) is 12.7 Å². The molecule has 8 nitrogen and oxygen atoms in total. The van der Waals surface area contributed by atoms with E-state index in [1.165, 1.54) is 22.2 Å². The Hall–Kier alpha value is -4.24. The number of aromatic nitrogens is 3. The molecule has 5 aromatic rings. The monoisotopic (exact) mass is 470 g/mol. The van der Waals surface area contributed by atoms with Crippen LogP contribution < -0.4 is 20.3 Å². The van der Waals surface area contributed by atoms with Crippen LogP contribution in [0, 0.1) is 6.92 Å². The van der Waals surface area contributed by atoms with Crippen molar-refractivity contribution in [2.24, 2.45) is 0 Å². The summed E-state index contributed by atoms with van der Waals surface area (Å²) in [7, 11) is 0. The van der Waals surface area contributed by atoms with Gasteiger partial charge in [-0.15, -0.1) is 11.3 Å². The molecule has 0 atom stereocenters. The molecule has 6 rings (SSSR count). The van der Waals surface area contributed by atoms with Crippen molar-refractivity contribution in [3.63, 3.8) is 0 Å². The average molecular weight is 471 g/mol. The number of nitrogens with zero attached hydrogens (tertiary/aromatic N) is 3. The lowest BCUT2D eigenvalue weighted by Gasteiger charge is -2.08. The number of rotatable bonds is 4. The Bertz CT molecular complexity index is 1640. The van der Waals surface area contributed by atoms with E-state index in [0.717, 1.165) is 27.0 Å². The highest BCUT2D eigenvalue weighted by atomic mass is 32.1. The highest BCUT2D eigenvalue weighted by molar-refractivity contribution is 7.25. The van der Waals surface area contributed by atoms with Crippen molar-refractivity contribution < 1.29 is 14.3 Å². The molecule has 0 bridgehead atoms. The molecule has 0 unspecified atom stereocenters. The van der Waals surface area contributed by atoms with Crippen LogP contribution in [0.1, 0.15) is 5.69 Å². The number of aryl methyl sites for hydroxylation is 1. The first-order valence-corrected chi connectivity index (χ1v) is 11.4. The Morgan fingerprint density at radius 3 is 2.79 bits per heavy atom. The number of pyridine rings is 1. The summed E-state index contributed by atoms with van der Waals surface area (Å²) in [6.07, 6.45) is 1.42. The summed E-state index contributed by atoms with van der Waals surface area (Å²) in [5.74, 6) is 0.856. The Balaban J connectivity index is 1.36. The Morgan fingerprint density at radius 2 is 1.94 bits per heavy atom. The lowest BCUT2D eigenvalue weighted by Crippen LogP contribution is -2.27. The number of amides is 1. The second-order valence-corrected chi connectivity index (χ2v) is 8.93. The molecular formula is C25H18N4O4S. The third kappa shape index (κ3) is 3.46. The van der Waals surface area contributed by atoms with E-state index in [0.29, 0.717) is 27.4 Å². The molecule has 1 aliphatic rings. The van der Waals surface area contributed by atoms with E-state index in [9.17, 15) is 9.59 Å². The van der Waals surface area contributed by atoms with Gasteiger partial charge in [-0.05, 0) is 36.2 Å². The number of hydrogen-bond acceptors (Lipinski definition) is 7. The molecule has 34 heavy (non-hydrogen) atoms. The lowest BCUT2D eigenvalue weighted by atomic mass is 10.0. The molecular weight excluding hydrogens is 452 g/mol. The molecule has 0 fully saturated rings. The van der Waals surface area contributed by atoms with Gasteiger partial charge >= 0.3 is 0 Å². The van der Waals surface area contributed by atoms with Crippen LogP contribution in [0.3, 0.4) is 0 Å². The van der Waals surface area contributed by atoms with Gasteiger partial charge in [0.15, 0.2) is 11.5 Å². The van der Waals surface area contributed by atoms with Gasteiger partial charge in [-0.2, -0.15) is 0 Å². The summed E-state index contributed by atoms with van der Waals surface area (Å²) < 4.78 is 12.4. The average Bonchev–Trinajstić information content (AvgIpc) is 3.45. The summed E-state index contributed by atoms with van der Waals surface area (Å²) in [5, 5.41) is 3.64. The van der Waals surface area contributed by atoms with Crippen LogP contribution in [-0.4, -0.2) is 27.2 Å². The number of nitrogens with one attached hydrogen (secondary N) is 1. The smallest absolute Gasteiger partial charge is 0.271 e. The largest absolute Gasteiger partial charge is 0.454 e. The van der Waals surface area contributed by atoms with Gasteiger partial charge in [-0.3, -0.25) is 14.2 Å². The van der Waals surface area contributed by atoms with Crippen molar-refractivity contribution in [2.75, 3.05) is 12.1 Å². The van der Waals surface area contributed by atoms with E-state index in [2.05, 4.69) is 15.3 Å². The van der Waals surface area contributed by atoms with Gasteiger partial charge in [0, 0.05) is 22.8 Å². The number of carbonyl (C=O) groups is 1. The minimum absolute atomic E-state index is 0.156. The van der Waals surface area contributed by atoms with E-state index in [1.54, 1.807) is 18.2 Å². The van der Waals surface area contributed by atoms with Crippen molar-refractivity contribution in [3.05, 3.63) is 77.0 Å². The minimum Gasteiger partial charge on any atom is -0.454 e. The zero-order valence-electron chi connectivity index (χ0n) is 18.1. The summed E-state index contributed by atoms with van der Waals surface area (Å²) >= 11 is 1.30. The van der Waals surface area contributed by atoms with Crippen LogP contribution in [0.15, 0.2) is 65.7 Å². The molecule has 0 saturated heterocycles. The molecule has 168 valence electrons. The number of fused-ring (bicyclic) bond motifs is 4. The fourth-order valence-corrected chi connectivity index (χ4v) is 5.22. The number of carbonyl (C=O) groups excluding carboxylic acids is 1. The highest BCUT2D eigenvalue weighted by Crippen LogP contribution is 2.37. The van der Waals surface area contributed by atoms with Gasteiger partial charge in [-0.1, -0.05) is 30.3 Å². The molecule has 2 aromatic carbocycles. The normalized spacial score (nSPS) is 12.4. The molecule has 0 saturated carbocycles. The zero-order valence-corrected chi connectivity index (χ0v) is 18.9. The van der Waals surface area contributed by atoms with E-state index < -0.39 is 0 Å². The van der Waals surface area contributed by atoms with Crippen LogP contribution in [0.4, 0.5) is 5.69 Å². The quantitative estimate of drug-likeness (QED) is 0.420. The molecule has 1 amide bonds. The van der Waals surface area contributed by atoms with Crippen molar-refractivity contribution in [1.29, 1.82) is 0 Å². The van der Waals surface area contributed by atoms with Crippen molar-refractivity contribution in [2.45, 2.75) is 13.5 Å². The molecule has 0 radical (unpaired) electrons. The summed E-state index contributed by atoms with van der Waals surface area (Å²) in [6, 6.07) is 17.1. The van der Waals surface area contributed by atoms with E-state index in [-0.39, 0.29) is 24.8 Å². The minimum atomic E-state index is -0.345. The fraction of sp³-hybridized carbons (Fsp3) is 0.120. The Labute approximate surface area is 197 Å². The zero-order chi connectivity index (χ0) is 23.2. The summed E-state index contributed by atoms with van der Waals surface area (Å²) in [5.41, 5.74) is 3.77. The standard InChI is InChI=1S/C25H18N4O4S/c1-14-9-17(15-5-3-2-4-6-15)21-22-23(34-24(21)27-14)25(31)29(12-26-22)11-20(30)28-16-7-8-18-19(10-16)33-13-32-18/h2-10,12H,11,13H2,1H3,(H,28,30). The highest BCUT2D eigenvalue weighted by Gasteiger charge is 2.19. The van der Waals surface area contributed by atoms with Crippen LogP contribution in [0.2, 0.25) is 0 Å². The molecule has 3 aromatic heterocycles. The maximum atomic E-state index is 13.3. The third-order valence-corrected chi connectivity index (χ3v) is 6.66. The number of benzene rings is 2. The Kier molecular flexibility index (Phi) is 4.77. The SMILES string of the molecule is Cc1cc(-c2ccccc2)c2c(n1)sc1c(=O)n(CC(=O)Nc3ccc4c(c3)OCO4)cnc12. The first-order valence-electron chi connectivity index (χ1n) is 10.6.